The molecular weight excluding hydrogens is 433 g/mol. The molecule has 9 heteroatoms. The van der Waals surface area contributed by atoms with Crippen LogP contribution in [0.4, 0.5) is 18.9 Å². The zero-order valence-electron chi connectivity index (χ0n) is 15.5. The summed E-state index contributed by atoms with van der Waals surface area (Å²) in [7, 11) is 0. The lowest BCUT2D eigenvalue weighted by atomic mass is 10.1. The molecule has 0 fully saturated rings. The van der Waals surface area contributed by atoms with Gasteiger partial charge in [-0.15, -0.1) is 23.1 Å². The molecule has 0 bridgehead atoms. The minimum absolute atomic E-state index is 0.167. The van der Waals surface area contributed by atoms with E-state index in [9.17, 15) is 22.8 Å². The first-order valence-electron chi connectivity index (χ1n) is 8.82. The summed E-state index contributed by atoms with van der Waals surface area (Å²) >= 11 is 1.97. The van der Waals surface area contributed by atoms with Crippen LogP contribution in [0, 0.1) is 0 Å². The smallest absolute Gasteiger partial charge is 0.347 e. The van der Waals surface area contributed by atoms with Crippen LogP contribution in [0.1, 0.15) is 25.6 Å². The predicted octanol–water partition coefficient (Wildman–Crippen LogP) is 5.58. The van der Waals surface area contributed by atoms with Crippen LogP contribution in [-0.2, 0) is 6.54 Å². The van der Waals surface area contributed by atoms with Crippen LogP contribution in [0.25, 0.3) is 0 Å². The normalized spacial score (nSPS) is 11.2. The standard InChI is InChI=1S/C21H17F3N2O2S2/c22-21(23,24)13-30-17-5-2-1-4-16(17)26-19(27)15-9-7-14(8-10-15)12-25-20(28)18-6-3-11-29-18/h1-11H,12-13H2,(H,25,28)(H,26,27). The topological polar surface area (TPSA) is 58.2 Å². The van der Waals surface area contributed by atoms with Crippen LogP contribution in [0.3, 0.4) is 0 Å². The summed E-state index contributed by atoms with van der Waals surface area (Å²) in [4.78, 5) is 25.4. The number of amides is 2. The van der Waals surface area contributed by atoms with E-state index in [1.807, 2.05) is 5.38 Å². The molecule has 1 heterocycles. The Hall–Kier alpha value is -2.78. The van der Waals surface area contributed by atoms with Gasteiger partial charge in [0.05, 0.1) is 16.3 Å². The zero-order chi connectivity index (χ0) is 21.6. The number of thiophene rings is 1. The van der Waals surface area contributed by atoms with Gasteiger partial charge in [0, 0.05) is 17.0 Å². The SMILES string of the molecule is O=C(Nc1ccccc1SCC(F)(F)F)c1ccc(CNC(=O)c2cccs2)cc1. The molecule has 4 nitrogen and oxygen atoms in total. The van der Waals surface area contributed by atoms with Crippen LogP contribution in [0.2, 0.25) is 0 Å². The number of hydrogen-bond donors (Lipinski definition) is 2. The highest BCUT2D eigenvalue weighted by Crippen LogP contribution is 2.32. The summed E-state index contributed by atoms with van der Waals surface area (Å²) in [5, 5.41) is 7.28. The third-order valence-corrected chi connectivity index (χ3v) is 5.95. The van der Waals surface area contributed by atoms with Gasteiger partial charge >= 0.3 is 6.18 Å². The lowest BCUT2D eigenvalue weighted by Gasteiger charge is -2.12. The van der Waals surface area contributed by atoms with E-state index < -0.39 is 17.8 Å². The van der Waals surface area contributed by atoms with Gasteiger partial charge < -0.3 is 10.6 Å². The quantitative estimate of drug-likeness (QED) is 0.462. The van der Waals surface area contributed by atoms with E-state index in [0.29, 0.717) is 39.3 Å². The number of carbonyl (C=O) groups excluding carboxylic acids is 2. The highest BCUT2D eigenvalue weighted by atomic mass is 32.2. The molecule has 3 rings (SSSR count). The molecule has 0 saturated carbocycles. The maximum atomic E-state index is 12.5. The van der Waals surface area contributed by atoms with E-state index in [-0.39, 0.29) is 5.91 Å². The van der Waals surface area contributed by atoms with Crippen LogP contribution in [-0.4, -0.2) is 23.7 Å². The molecule has 2 N–H and O–H groups in total. The van der Waals surface area contributed by atoms with Gasteiger partial charge in [-0.05, 0) is 41.3 Å². The summed E-state index contributed by atoms with van der Waals surface area (Å²) in [5.41, 5.74) is 1.50. The minimum Gasteiger partial charge on any atom is -0.347 e. The number of carbonyl (C=O) groups is 2. The Morgan fingerprint density at radius 3 is 2.33 bits per heavy atom. The molecule has 0 radical (unpaired) electrons. The Balaban J connectivity index is 1.59. The number of para-hydroxylation sites is 1. The Morgan fingerprint density at radius 2 is 1.67 bits per heavy atom. The van der Waals surface area contributed by atoms with Gasteiger partial charge in [0.1, 0.15) is 0 Å². The lowest BCUT2D eigenvalue weighted by molar-refractivity contribution is -0.105. The maximum Gasteiger partial charge on any atom is 0.398 e. The molecule has 30 heavy (non-hydrogen) atoms. The Kier molecular flexibility index (Phi) is 7.17. The number of thioether (sulfide) groups is 1. The number of anilines is 1. The van der Waals surface area contributed by atoms with Gasteiger partial charge in [-0.3, -0.25) is 9.59 Å². The predicted molar refractivity (Wildman–Crippen MR) is 113 cm³/mol. The number of hydrogen-bond acceptors (Lipinski definition) is 4. The summed E-state index contributed by atoms with van der Waals surface area (Å²) < 4.78 is 37.5. The molecule has 0 spiro atoms. The molecule has 0 aliphatic carbocycles. The molecule has 1 aromatic heterocycles. The molecule has 0 saturated heterocycles. The monoisotopic (exact) mass is 450 g/mol. The van der Waals surface area contributed by atoms with Gasteiger partial charge in [0.2, 0.25) is 0 Å². The Bertz CT molecular complexity index is 1000. The lowest BCUT2D eigenvalue weighted by Crippen LogP contribution is -2.21. The number of benzene rings is 2. The first kappa shape index (κ1) is 21.9. The second kappa shape index (κ2) is 9.82. The average molecular weight is 451 g/mol. The van der Waals surface area contributed by atoms with E-state index in [1.54, 1.807) is 54.6 Å². The highest BCUT2D eigenvalue weighted by molar-refractivity contribution is 7.99. The molecule has 0 aliphatic heterocycles. The molecule has 0 aliphatic rings. The fourth-order valence-electron chi connectivity index (χ4n) is 2.50. The molecule has 2 aromatic carbocycles. The molecule has 3 aromatic rings. The van der Waals surface area contributed by atoms with Crippen molar-refractivity contribution in [3.63, 3.8) is 0 Å². The van der Waals surface area contributed by atoms with Crippen molar-refractivity contribution in [1.82, 2.24) is 5.32 Å². The van der Waals surface area contributed by atoms with Crippen molar-refractivity contribution in [2.45, 2.75) is 17.6 Å². The van der Waals surface area contributed by atoms with E-state index in [2.05, 4.69) is 10.6 Å². The van der Waals surface area contributed by atoms with E-state index in [0.717, 1.165) is 5.56 Å². The fourth-order valence-corrected chi connectivity index (χ4v) is 3.91. The Labute approximate surface area is 179 Å². The van der Waals surface area contributed by atoms with Gasteiger partial charge in [-0.25, -0.2) is 0 Å². The second-order valence-electron chi connectivity index (χ2n) is 6.21. The van der Waals surface area contributed by atoms with E-state index >= 15 is 0 Å². The van der Waals surface area contributed by atoms with Crippen molar-refractivity contribution in [2.24, 2.45) is 0 Å². The third-order valence-electron chi connectivity index (χ3n) is 3.94. The van der Waals surface area contributed by atoms with Crippen molar-refractivity contribution in [2.75, 3.05) is 11.1 Å². The van der Waals surface area contributed by atoms with Crippen molar-refractivity contribution >= 4 is 40.6 Å². The fraction of sp³-hybridized carbons (Fsp3) is 0.143. The Morgan fingerprint density at radius 1 is 0.933 bits per heavy atom. The summed E-state index contributed by atoms with van der Waals surface area (Å²) in [6, 6.07) is 16.5. The zero-order valence-corrected chi connectivity index (χ0v) is 17.2. The highest BCUT2D eigenvalue weighted by Gasteiger charge is 2.27. The number of alkyl halides is 3. The van der Waals surface area contributed by atoms with Crippen molar-refractivity contribution < 1.29 is 22.8 Å². The van der Waals surface area contributed by atoms with Crippen LogP contribution < -0.4 is 10.6 Å². The first-order valence-corrected chi connectivity index (χ1v) is 10.7. The molecule has 2 amide bonds. The summed E-state index contributed by atoms with van der Waals surface area (Å²) in [6.45, 7) is 0.315. The van der Waals surface area contributed by atoms with Crippen LogP contribution in [0.15, 0.2) is 70.9 Å². The number of halogens is 3. The molecular formula is C21H17F3N2O2S2. The molecule has 0 unspecified atom stereocenters. The van der Waals surface area contributed by atoms with Gasteiger partial charge in [-0.1, -0.05) is 30.3 Å². The molecule has 0 atom stereocenters. The summed E-state index contributed by atoms with van der Waals surface area (Å²) in [5.74, 6) is -1.63. The first-order chi connectivity index (χ1) is 14.3. The van der Waals surface area contributed by atoms with Gasteiger partial charge in [-0.2, -0.15) is 13.2 Å². The molecule has 156 valence electrons. The number of nitrogens with one attached hydrogen (secondary N) is 2. The average Bonchev–Trinajstić information content (AvgIpc) is 3.26. The van der Waals surface area contributed by atoms with Crippen LogP contribution in [0.5, 0.6) is 0 Å². The van der Waals surface area contributed by atoms with Crippen molar-refractivity contribution in [3.8, 4) is 0 Å². The van der Waals surface area contributed by atoms with Gasteiger partial charge in [0.25, 0.3) is 11.8 Å². The van der Waals surface area contributed by atoms with E-state index in [1.165, 1.54) is 17.4 Å². The van der Waals surface area contributed by atoms with Crippen molar-refractivity contribution in [1.29, 1.82) is 0 Å². The van der Waals surface area contributed by atoms with Crippen molar-refractivity contribution in [3.05, 3.63) is 82.0 Å². The second-order valence-corrected chi connectivity index (χ2v) is 8.18. The summed E-state index contributed by atoms with van der Waals surface area (Å²) in [6.07, 6.45) is -4.30. The largest absolute Gasteiger partial charge is 0.398 e. The number of rotatable bonds is 7. The maximum absolute atomic E-state index is 12.5. The third kappa shape index (κ3) is 6.36. The van der Waals surface area contributed by atoms with Gasteiger partial charge in [0.15, 0.2) is 0 Å². The minimum atomic E-state index is -4.30. The van der Waals surface area contributed by atoms with E-state index in [4.69, 9.17) is 0 Å². The van der Waals surface area contributed by atoms with Crippen LogP contribution >= 0.6 is 23.1 Å².